The van der Waals surface area contributed by atoms with Crippen molar-refractivity contribution in [1.29, 1.82) is 0 Å². The molecule has 1 aliphatic heterocycles. The van der Waals surface area contributed by atoms with Crippen LogP contribution in [0.5, 0.6) is 0 Å². The highest BCUT2D eigenvalue weighted by atomic mass is 16.2. The molecule has 8 heteroatoms. The van der Waals surface area contributed by atoms with Crippen LogP contribution in [0.2, 0.25) is 0 Å². The quantitative estimate of drug-likeness (QED) is 0.682. The predicted molar refractivity (Wildman–Crippen MR) is 102 cm³/mol. The fourth-order valence-corrected chi connectivity index (χ4v) is 3.45. The Balaban J connectivity index is 1.38. The first-order valence-electron chi connectivity index (χ1n) is 9.37. The molecule has 0 atom stereocenters. The fourth-order valence-electron chi connectivity index (χ4n) is 3.45. The Bertz CT molecular complexity index is 916. The van der Waals surface area contributed by atoms with Crippen molar-refractivity contribution >= 4 is 22.9 Å². The van der Waals surface area contributed by atoms with Crippen LogP contribution in [-0.4, -0.2) is 61.9 Å². The number of anilines is 1. The van der Waals surface area contributed by atoms with E-state index in [2.05, 4.69) is 37.3 Å². The number of hydrogen-bond donors (Lipinski definition) is 0. The van der Waals surface area contributed by atoms with Gasteiger partial charge in [-0.25, -0.2) is 14.6 Å². The summed E-state index contributed by atoms with van der Waals surface area (Å²) in [5.41, 5.74) is 2.68. The van der Waals surface area contributed by atoms with E-state index < -0.39 is 0 Å². The van der Waals surface area contributed by atoms with Crippen molar-refractivity contribution < 1.29 is 4.79 Å². The third-order valence-corrected chi connectivity index (χ3v) is 4.98. The minimum atomic E-state index is 0.211. The first-order chi connectivity index (χ1) is 13.3. The van der Waals surface area contributed by atoms with Crippen LogP contribution >= 0.6 is 0 Å². The van der Waals surface area contributed by atoms with Crippen molar-refractivity contribution in [2.24, 2.45) is 0 Å². The molecule has 1 amide bonds. The Labute approximate surface area is 157 Å². The molecular weight excluding hydrogens is 342 g/mol. The number of carbonyl (C=O) groups is 1. The first-order valence-corrected chi connectivity index (χ1v) is 9.37. The number of aryl methyl sites for hydroxylation is 2. The van der Waals surface area contributed by atoms with E-state index in [1.54, 1.807) is 11.0 Å². The summed E-state index contributed by atoms with van der Waals surface area (Å²) in [5, 5.41) is 8.39. The highest BCUT2D eigenvalue weighted by Gasteiger charge is 2.24. The largest absolute Gasteiger partial charge is 0.351 e. The number of rotatable bonds is 5. The Morgan fingerprint density at radius 3 is 2.59 bits per heavy atom. The topological polar surface area (TPSA) is 80.0 Å². The number of fused-ring (bicyclic) bond motifs is 1. The van der Waals surface area contributed by atoms with Gasteiger partial charge >= 0.3 is 0 Å². The van der Waals surface area contributed by atoms with Crippen LogP contribution in [0.4, 0.5) is 5.82 Å². The molecule has 0 spiro atoms. The second-order valence-electron chi connectivity index (χ2n) is 6.63. The maximum atomic E-state index is 12.5. The predicted octanol–water partition coefficient (Wildman–Crippen LogP) is 1.52. The molecule has 4 rings (SSSR count). The van der Waals surface area contributed by atoms with Crippen molar-refractivity contribution in [2.75, 3.05) is 31.1 Å². The third kappa shape index (κ3) is 3.60. The lowest BCUT2D eigenvalue weighted by atomic mass is 10.1. The standard InChI is InChI=1S/C19H23N7O/c1-2-26-19-17(22-23-26)18(20-14-21-19)25-12-10-24(11-13-25)16(27)9-8-15-6-4-3-5-7-15/h3-7,14H,2,8-13H2,1H3. The lowest BCUT2D eigenvalue weighted by molar-refractivity contribution is -0.131. The molecule has 0 unspecified atom stereocenters. The number of carbonyl (C=O) groups excluding carboxylic acids is 1. The number of piperazine rings is 1. The van der Waals surface area contributed by atoms with E-state index in [1.807, 2.05) is 30.0 Å². The highest BCUT2D eigenvalue weighted by Crippen LogP contribution is 2.22. The van der Waals surface area contributed by atoms with Gasteiger partial charge in [-0.1, -0.05) is 35.5 Å². The molecule has 140 valence electrons. The molecule has 1 aromatic carbocycles. The molecule has 3 heterocycles. The van der Waals surface area contributed by atoms with Crippen LogP contribution < -0.4 is 4.90 Å². The number of amides is 1. The molecule has 0 N–H and O–H groups in total. The molecule has 0 aliphatic carbocycles. The van der Waals surface area contributed by atoms with Crippen molar-refractivity contribution in [2.45, 2.75) is 26.3 Å². The van der Waals surface area contributed by atoms with Crippen molar-refractivity contribution in [1.82, 2.24) is 29.9 Å². The number of hydrogen-bond acceptors (Lipinski definition) is 6. The fraction of sp³-hybridized carbons (Fsp3) is 0.421. The molecule has 27 heavy (non-hydrogen) atoms. The average molecular weight is 365 g/mol. The van der Waals surface area contributed by atoms with Gasteiger partial charge in [0.1, 0.15) is 6.33 Å². The summed E-state index contributed by atoms with van der Waals surface area (Å²) in [7, 11) is 0. The zero-order valence-electron chi connectivity index (χ0n) is 15.5. The summed E-state index contributed by atoms with van der Waals surface area (Å²) < 4.78 is 1.77. The molecule has 3 aromatic rings. The normalized spacial score (nSPS) is 14.7. The maximum absolute atomic E-state index is 12.5. The lowest BCUT2D eigenvalue weighted by Crippen LogP contribution is -2.49. The van der Waals surface area contributed by atoms with Gasteiger partial charge in [0, 0.05) is 39.1 Å². The molecular formula is C19H23N7O. The van der Waals surface area contributed by atoms with E-state index in [0.29, 0.717) is 19.5 Å². The van der Waals surface area contributed by atoms with Crippen molar-refractivity contribution in [3.05, 3.63) is 42.2 Å². The summed E-state index contributed by atoms with van der Waals surface area (Å²) >= 11 is 0. The van der Waals surface area contributed by atoms with Gasteiger partial charge in [-0.05, 0) is 18.9 Å². The third-order valence-electron chi connectivity index (χ3n) is 4.98. The van der Waals surface area contributed by atoms with E-state index in [4.69, 9.17) is 0 Å². The Hall–Kier alpha value is -3.03. The van der Waals surface area contributed by atoms with Gasteiger partial charge in [0.2, 0.25) is 5.91 Å². The number of aromatic nitrogens is 5. The van der Waals surface area contributed by atoms with E-state index in [1.165, 1.54) is 5.56 Å². The van der Waals surface area contributed by atoms with Crippen LogP contribution in [-0.2, 0) is 17.8 Å². The lowest BCUT2D eigenvalue weighted by Gasteiger charge is -2.35. The summed E-state index contributed by atoms with van der Waals surface area (Å²) in [6.07, 6.45) is 2.89. The maximum Gasteiger partial charge on any atom is 0.223 e. The zero-order valence-corrected chi connectivity index (χ0v) is 15.5. The summed E-state index contributed by atoms with van der Waals surface area (Å²) in [6, 6.07) is 10.1. The Kier molecular flexibility index (Phi) is 4.95. The Morgan fingerprint density at radius 1 is 1.07 bits per heavy atom. The highest BCUT2D eigenvalue weighted by molar-refractivity contribution is 5.83. The smallest absolute Gasteiger partial charge is 0.223 e. The number of nitrogens with zero attached hydrogens (tertiary/aromatic N) is 7. The monoisotopic (exact) mass is 365 g/mol. The molecule has 1 saturated heterocycles. The van der Waals surface area contributed by atoms with E-state index in [9.17, 15) is 4.79 Å². The van der Waals surface area contributed by atoms with Gasteiger partial charge in [0.25, 0.3) is 0 Å². The van der Waals surface area contributed by atoms with Gasteiger partial charge in [-0.2, -0.15) is 0 Å². The van der Waals surface area contributed by atoms with Gasteiger partial charge < -0.3 is 9.80 Å². The van der Waals surface area contributed by atoms with Gasteiger partial charge in [-0.3, -0.25) is 4.79 Å². The molecule has 8 nitrogen and oxygen atoms in total. The summed E-state index contributed by atoms with van der Waals surface area (Å²) in [4.78, 5) is 25.4. The van der Waals surface area contributed by atoms with Crippen LogP contribution in [0, 0.1) is 0 Å². The molecule has 0 saturated carbocycles. The molecule has 1 aliphatic rings. The zero-order chi connectivity index (χ0) is 18.6. The van der Waals surface area contributed by atoms with Crippen molar-refractivity contribution in [3.8, 4) is 0 Å². The summed E-state index contributed by atoms with van der Waals surface area (Å²) in [6.45, 7) is 5.60. The molecule has 0 bridgehead atoms. The van der Waals surface area contributed by atoms with Crippen LogP contribution in [0.3, 0.4) is 0 Å². The summed E-state index contributed by atoms with van der Waals surface area (Å²) in [5.74, 6) is 1.01. The minimum absolute atomic E-state index is 0.211. The van der Waals surface area contributed by atoms with E-state index in [-0.39, 0.29) is 5.91 Å². The van der Waals surface area contributed by atoms with Crippen LogP contribution in [0.25, 0.3) is 11.2 Å². The molecule has 0 radical (unpaired) electrons. The molecule has 1 fully saturated rings. The average Bonchev–Trinajstić information content (AvgIpc) is 3.16. The minimum Gasteiger partial charge on any atom is -0.351 e. The van der Waals surface area contributed by atoms with Gasteiger partial charge in [0.05, 0.1) is 0 Å². The molecule has 2 aromatic heterocycles. The second-order valence-corrected chi connectivity index (χ2v) is 6.63. The SMILES string of the molecule is CCn1nnc2c(N3CCN(C(=O)CCc4ccccc4)CC3)ncnc21. The Morgan fingerprint density at radius 2 is 1.85 bits per heavy atom. The van der Waals surface area contributed by atoms with E-state index in [0.717, 1.165) is 43.0 Å². The van der Waals surface area contributed by atoms with Gasteiger partial charge in [0.15, 0.2) is 17.0 Å². The van der Waals surface area contributed by atoms with Crippen molar-refractivity contribution in [3.63, 3.8) is 0 Å². The van der Waals surface area contributed by atoms with Gasteiger partial charge in [-0.15, -0.1) is 5.10 Å². The van der Waals surface area contributed by atoms with Crippen LogP contribution in [0.15, 0.2) is 36.7 Å². The van der Waals surface area contributed by atoms with Crippen LogP contribution in [0.1, 0.15) is 18.9 Å². The number of benzene rings is 1. The first kappa shape index (κ1) is 17.4. The second kappa shape index (κ2) is 7.69. The van der Waals surface area contributed by atoms with E-state index >= 15 is 0 Å².